The quantitative estimate of drug-likeness (QED) is 0.289. The van der Waals surface area contributed by atoms with Crippen LogP contribution in [0.2, 0.25) is 0 Å². The Kier molecular flexibility index (Phi) is 6.86. The number of rotatable bonds is 9. The minimum Gasteiger partial charge on any atom is -0.396 e. The van der Waals surface area contributed by atoms with E-state index in [4.69, 9.17) is 19.7 Å². The van der Waals surface area contributed by atoms with Crippen LogP contribution >= 0.6 is 11.3 Å². The molecule has 5 atom stereocenters. The second kappa shape index (κ2) is 9.79. The molecule has 2 fully saturated rings. The summed E-state index contributed by atoms with van der Waals surface area (Å²) in [5.74, 6) is 0.989. The summed E-state index contributed by atoms with van der Waals surface area (Å²) in [5, 5.41) is 38.8. The van der Waals surface area contributed by atoms with Crippen LogP contribution in [0.25, 0.3) is 20.8 Å². The van der Waals surface area contributed by atoms with Gasteiger partial charge in [-0.05, 0) is 46.1 Å². The zero-order chi connectivity index (χ0) is 25.6. The molecular formula is C25H34N6O4S. The summed E-state index contributed by atoms with van der Waals surface area (Å²) in [7, 11) is 1.64. The van der Waals surface area contributed by atoms with Crippen LogP contribution in [0, 0.1) is 12.8 Å². The maximum atomic E-state index is 11.1. The molecule has 0 aliphatic heterocycles. The van der Waals surface area contributed by atoms with Crippen molar-refractivity contribution in [2.24, 2.45) is 5.92 Å². The number of fused-ring (bicyclic) bond motifs is 1. The van der Waals surface area contributed by atoms with Gasteiger partial charge in [0, 0.05) is 37.8 Å². The van der Waals surface area contributed by atoms with Gasteiger partial charge in [-0.25, -0.2) is 9.97 Å². The van der Waals surface area contributed by atoms with Gasteiger partial charge in [-0.2, -0.15) is 4.98 Å². The third-order valence-electron chi connectivity index (χ3n) is 7.23. The summed E-state index contributed by atoms with van der Waals surface area (Å²) in [6.45, 7) is 5.76. The van der Waals surface area contributed by atoms with Crippen LogP contribution < -0.4 is 10.6 Å². The van der Waals surface area contributed by atoms with E-state index in [2.05, 4.69) is 15.6 Å². The van der Waals surface area contributed by atoms with E-state index >= 15 is 0 Å². The Hall–Kier alpha value is -2.44. The molecule has 0 spiro atoms. The molecule has 2 aliphatic carbocycles. The van der Waals surface area contributed by atoms with Crippen LogP contribution in [0.15, 0.2) is 12.3 Å². The predicted octanol–water partition coefficient (Wildman–Crippen LogP) is 2.69. The normalized spacial score (nSPS) is 26.9. The van der Waals surface area contributed by atoms with E-state index in [1.807, 2.05) is 26.1 Å². The van der Waals surface area contributed by atoms with E-state index < -0.39 is 23.7 Å². The van der Waals surface area contributed by atoms with Crippen LogP contribution in [-0.4, -0.2) is 79.4 Å². The molecule has 11 heteroatoms. The first-order chi connectivity index (χ1) is 17.2. The number of ether oxygens (including phenoxy) is 1. The Bertz CT molecular complexity index is 1250. The number of hydrogen-bond donors (Lipinski definition) is 5. The van der Waals surface area contributed by atoms with Gasteiger partial charge in [0.25, 0.3) is 0 Å². The summed E-state index contributed by atoms with van der Waals surface area (Å²) < 4.78 is 6.30. The molecule has 10 nitrogen and oxygen atoms in total. The summed E-state index contributed by atoms with van der Waals surface area (Å²) in [5.41, 5.74) is 2.00. The van der Waals surface area contributed by atoms with Crippen molar-refractivity contribution in [3.05, 3.63) is 23.7 Å². The highest BCUT2D eigenvalue weighted by Gasteiger charge is 2.50. The van der Waals surface area contributed by atoms with Gasteiger partial charge in [-0.3, -0.25) is 4.98 Å². The molecule has 36 heavy (non-hydrogen) atoms. The number of nitrogens with one attached hydrogen (secondary N) is 2. The van der Waals surface area contributed by atoms with E-state index in [-0.39, 0.29) is 12.6 Å². The van der Waals surface area contributed by atoms with Crippen molar-refractivity contribution in [1.82, 2.24) is 19.9 Å². The number of aryl methyl sites for hydroxylation is 1. The van der Waals surface area contributed by atoms with Crippen molar-refractivity contribution < 1.29 is 20.1 Å². The molecule has 0 amide bonds. The number of thiazole rings is 1. The summed E-state index contributed by atoms with van der Waals surface area (Å²) in [4.78, 5) is 19.1. The van der Waals surface area contributed by atoms with Gasteiger partial charge in [0.2, 0.25) is 5.95 Å². The molecular weight excluding hydrogens is 480 g/mol. The van der Waals surface area contributed by atoms with E-state index in [9.17, 15) is 15.3 Å². The Morgan fingerprint density at radius 1 is 1.28 bits per heavy atom. The molecule has 0 saturated heterocycles. The second-order valence-corrected chi connectivity index (χ2v) is 11.3. The molecule has 2 saturated carbocycles. The van der Waals surface area contributed by atoms with E-state index in [1.54, 1.807) is 25.4 Å². The standard InChI is InChI=1S/C25H34N6O4S/c1-12(11-35-4)27-24-28-13(2)18(22(31-24)29-17-9-15(10-32)21(33)25(17,3)34)23-30-20-16(36-23)7-8-26-19(20)14-5-6-14/h7-8,12,14-15,17,21,32-34H,5-6,9-11H2,1-4H3,(H2,27,28,29,31)/t12-,15-,17-,21-,25+/m1/s1. The fourth-order valence-electron chi connectivity index (χ4n) is 5.05. The Morgan fingerprint density at radius 2 is 2.06 bits per heavy atom. The number of aliphatic hydroxyl groups excluding tert-OH is 2. The molecule has 2 aliphatic rings. The van der Waals surface area contributed by atoms with Crippen LogP contribution in [0.4, 0.5) is 11.8 Å². The summed E-state index contributed by atoms with van der Waals surface area (Å²) in [6.07, 6.45) is 3.46. The van der Waals surface area contributed by atoms with Gasteiger partial charge < -0.3 is 30.7 Å². The number of aromatic nitrogens is 4. The first-order valence-corrected chi connectivity index (χ1v) is 13.2. The third kappa shape index (κ3) is 4.66. The molecule has 3 heterocycles. The minimum absolute atomic E-state index is 0.0158. The van der Waals surface area contributed by atoms with Crippen LogP contribution in [0.5, 0.6) is 0 Å². The minimum atomic E-state index is -1.45. The van der Waals surface area contributed by atoms with Crippen molar-refractivity contribution in [1.29, 1.82) is 0 Å². The monoisotopic (exact) mass is 514 g/mol. The average molecular weight is 515 g/mol. The second-order valence-electron chi connectivity index (χ2n) is 10.2. The third-order valence-corrected chi connectivity index (χ3v) is 8.27. The molecule has 0 radical (unpaired) electrons. The van der Waals surface area contributed by atoms with Crippen LogP contribution in [0.3, 0.4) is 0 Å². The van der Waals surface area contributed by atoms with Crippen molar-refractivity contribution in [3.63, 3.8) is 0 Å². The van der Waals surface area contributed by atoms with Gasteiger partial charge in [0.15, 0.2) is 0 Å². The lowest BCUT2D eigenvalue weighted by atomic mass is 9.96. The molecule has 0 unspecified atom stereocenters. The first kappa shape index (κ1) is 25.2. The smallest absolute Gasteiger partial charge is 0.225 e. The van der Waals surface area contributed by atoms with Gasteiger partial charge >= 0.3 is 0 Å². The number of hydrogen-bond acceptors (Lipinski definition) is 11. The summed E-state index contributed by atoms with van der Waals surface area (Å²) >= 11 is 1.57. The van der Waals surface area contributed by atoms with Gasteiger partial charge in [-0.1, -0.05) is 0 Å². The molecule has 0 bridgehead atoms. The van der Waals surface area contributed by atoms with Crippen LogP contribution in [0.1, 0.15) is 50.4 Å². The maximum Gasteiger partial charge on any atom is 0.225 e. The van der Waals surface area contributed by atoms with Crippen molar-refractivity contribution in [2.75, 3.05) is 31.0 Å². The summed E-state index contributed by atoms with van der Waals surface area (Å²) in [6, 6.07) is 1.44. The number of nitrogens with zero attached hydrogens (tertiary/aromatic N) is 4. The zero-order valence-electron chi connectivity index (χ0n) is 21.0. The Labute approximate surface area is 214 Å². The highest BCUT2D eigenvalue weighted by atomic mass is 32.1. The Morgan fingerprint density at radius 3 is 2.72 bits per heavy atom. The first-order valence-electron chi connectivity index (χ1n) is 12.4. The molecule has 3 aromatic rings. The van der Waals surface area contributed by atoms with Crippen LogP contribution in [-0.2, 0) is 4.74 Å². The topological polar surface area (TPSA) is 146 Å². The van der Waals surface area contributed by atoms with Gasteiger partial charge in [-0.15, -0.1) is 11.3 Å². The van der Waals surface area contributed by atoms with Gasteiger partial charge in [0.05, 0.1) is 40.4 Å². The maximum absolute atomic E-state index is 11.1. The lowest BCUT2D eigenvalue weighted by molar-refractivity contribution is -0.0647. The highest BCUT2D eigenvalue weighted by molar-refractivity contribution is 7.21. The van der Waals surface area contributed by atoms with E-state index in [0.717, 1.165) is 45.0 Å². The largest absolute Gasteiger partial charge is 0.396 e. The molecule has 3 aromatic heterocycles. The van der Waals surface area contributed by atoms with Crippen molar-refractivity contribution >= 4 is 33.3 Å². The number of aliphatic hydroxyl groups is 3. The number of pyridine rings is 1. The van der Waals surface area contributed by atoms with E-state index in [0.29, 0.717) is 30.7 Å². The average Bonchev–Trinajstić information content (AvgIpc) is 3.54. The zero-order valence-corrected chi connectivity index (χ0v) is 21.8. The fourth-order valence-corrected chi connectivity index (χ4v) is 6.11. The van der Waals surface area contributed by atoms with Crippen molar-refractivity contribution in [2.45, 2.75) is 69.7 Å². The lowest BCUT2D eigenvalue weighted by Crippen LogP contribution is -2.48. The Balaban J connectivity index is 1.58. The number of methoxy groups -OCH3 is 1. The molecule has 5 rings (SSSR count). The molecule has 0 aromatic carbocycles. The van der Waals surface area contributed by atoms with Gasteiger partial charge in [0.1, 0.15) is 21.9 Å². The van der Waals surface area contributed by atoms with Crippen molar-refractivity contribution in [3.8, 4) is 10.6 Å². The molecule has 194 valence electrons. The molecule has 5 N–H and O–H groups in total. The fraction of sp³-hybridized carbons (Fsp3) is 0.600. The predicted molar refractivity (Wildman–Crippen MR) is 139 cm³/mol. The van der Waals surface area contributed by atoms with E-state index in [1.165, 1.54) is 0 Å². The highest BCUT2D eigenvalue weighted by Crippen LogP contribution is 2.45. The lowest BCUT2D eigenvalue weighted by Gasteiger charge is -2.30. The SMILES string of the molecule is COC[C@@H](C)Nc1nc(C)c(-c2nc3c(C4CC4)nccc3s2)c(N[C@@H]2C[C@H](CO)[C@@H](O)[C@@]2(C)O)n1. The number of anilines is 2.